The number of pyridine rings is 2. The van der Waals surface area contributed by atoms with E-state index in [9.17, 15) is 9.90 Å². The third-order valence-corrected chi connectivity index (χ3v) is 10.2. The molecule has 1 radical (unpaired) electrons. The Morgan fingerprint density at radius 3 is 2.24 bits per heavy atom. The second kappa shape index (κ2) is 14.3. The number of carbonyl (C=O) groups is 1. The maximum atomic E-state index is 11.7. The van der Waals surface area contributed by atoms with Crippen LogP contribution in [-0.4, -0.2) is 20.9 Å². The van der Waals surface area contributed by atoms with Crippen molar-refractivity contribution in [2.45, 2.75) is 111 Å². The van der Waals surface area contributed by atoms with Gasteiger partial charge in [0.1, 0.15) is 0 Å². The van der Waals surface area contributed by atoms with E-state index in [1.165, 1.54) is 70.2 Å². The van der Waals surface area contributed by atoms with Gasteiger partial charge in [0.05, 0.1) is 5.76 Å². The number of ketones is 1. The van der Waals surface area contributed by atoms with Gasteiger partial charge in [0.25, 0.3) is 0 Å². The van der Waals surface area contributed by atoms with Crippen molar-refractivity contribution in [2.75, 3.05) is 0 Å². The molecule has 45 heavy (non-hydrogen) atoms. The van der Waals surface area contributed by atoms with Crippen molar-refractivity contribution in [3.05, 3.63) is 83.4 Å². The molecule has 2 aliphatic carbocycles. The fourth-order valence-corrected chi connectivity index (χ4v) is 7.47. The van der Waals surface area contributed by atoms with E-state index in [0.29, 0.717) is 0 Å². The smallest absolute Gasteiger partial charge is 0.162 e. The summed E-state index contributed by atoms with van der Waals surface area (Å²) in [6.07, 6.45) is 13.7. The van der Waals surface area contributed by atoms with Crippen LogP contribution in [0.5, 0.6) is 0 Å². The summed E-state index contributed by atoms with van der Waals surface area (Å²) in [6.45, 7) is 15.0. The quantitative estimate of drug-likeness (QED) is 0.115. The number of aliphatic hydroxyl groups excluding tert-OH is 1. The molecule has 2 heterocycles. The standard InChI is InChI=1S/C27H25N2.C13H24O2.Ir/c1-26(2,3)19-15-18-10-14-29-25-20-9-8-17-7-6-13-28-24(17)23(20)27(11-4-5-12-27)21(16-19)22(18)25;1-5-10(6-2)12(14)9-13(15)11(7-3)8-4;/h6-8,10,13-16H,4-5,11-12H2,1-3H3;9-11,14H,5-8H2,1-4H3;/q-1;;/b;12-9-;. The fourth-order valence-electron chi connectivity index (χ4n) is 7.47. The summed E-state index contributed by atoms with van der Waals surface area (Å²) < 4.78 is 0. The van der Waals surface area contributed by atoms with Crippen LogP contribution in [0.1, 0.15) is 117 Å². The van der Waals surface area contributed by atoms with Gasteiger partial charge in [-0.2, -0.15) is 0 Å². The van der Waals surface area contributed by atoms with Gasteiger partial charge in [-0.1, -0.05) is 96.5 Å². The Labute approximate surface area is 283 Å². The molecule has 4 nitrogen and oxygen atoms in total. The first-order valence-corrected chi connectivity index (χ1v) is 16.8. The Bertz CT molecular complexity index is 1690. The Balaban J connectivity index is 0.000000249. The SMILES string of the molecule is CC(C)(C)c1cc2c3c(nccc3c1)-c1[c-]cc3cccnc3c1C21CCCC1.CCC(CC)C(=O)/C=C(\O)C(CC)CC.[Ir]. The van der Waals surface area contributed by atoms with Crippen molar-refractivity contribution in [1.82, 2.24) is 9.97 Å². The van der Waals surface area contributed by atoms with Crippen molar-refractivity contribution in [1.29, 1.82) is 0 Å². The largest absolute Gasteiger partial charge is 0.512 e. The fraction of sp³-hybridized carbons (Fsp3) is 0.475. The number of hydrogen-bond acceptors (Lipinski definition) is 4. The topological polar surface area (TPSA) is 63.1 Å². The first-order chi connectivity index (χ1) is 21.1. The third kappa shape index (κ3) is 6.54. The predicted octanol–water partition coefficient (Wildman–Crippen LogP) is 10.6. The van der Waals surface area contributed by atoms with E-state index in [-0.39, 0.29) is 54.3 Å². The molecule has 241 valence electrons. The third-order valence-electron chi connectivity index (χ3n) is 10.2. The van der Waals surface area contributed by atoms with Gasteiger partial charge in [-0.15, -0.1) is 17.7 Å². The second-order valence-corrected chi connectivity index (χ2v) is 13.8. The summed E-state index contributed by atoms with van der Waals surface area (Å²) in [7, 11) is 0. The molecule has 6 rings (SSSR count). The number of carbonyl (C=O) groups excluding carboxylic acids is 1. The van der Waals surface area contributed by atoms with E-state index in [1.54, 1.807) is 0 Å². The zero-order chi connectivity index (χ0) is 31.6. The van der Waals surface area contributed by atoms with Crippen molar-refractivity contribution >= 4 is 27.5 Å². The number of aromatic nitrogens is 2. The first-order valence-electron chi connectivity index (χ1n) is 16.8. The normalized spacial score (nSPS) is 15.3. The molecule has 2 aliphatic rings. The second-order valence-electron chi connectivity index (χ2n) is 13.8. The summed E-state index contributed by atoms with van der Waals surface area (Å²) in [5.74, 6) is 0.547. The molecular formula is C40H49IrN2O2-. The van der Waals surface area contributed by atoms with Crippen LogP contribution in [0.25, 0.3) is 32.9 Å². The monoisotopic (exact) mass is 782 g/mol. The van der Waals surface area contributed by atoms with E-state index in [1.807, 2.05) is 46.2 Å². The van der Waals surface area contributed by atoms with Gasteiger partial charge < -0.3 is 10.1 Å². The number of fused-ring (bicyclic) bond motifs is 6. The average molecular weight is 782 g/mol. The molecule has 2 aromatic carbocycles. The number of hydrogen-bond donors (Lipinski definition) is 1. The molecule has 2 aromatic heterocycles. The Morgan fingerprint density at radius 1 is 0.956 bits per heavy atom. The molecule has 0 unspecified atom stereocenters. The molecule has 0 aliphatic heterocycles. The molecule has 0 bridgehead atoms. The zero-order valence-electron chi connectivity index (χ0n) is 28.1. The molecular weight excluding hydrogens is 733 g/mol. The van der Waals surface area contributed by atoms with Crippen LogP contribution in [0, 0.1) is 17.9 Å². The van der Waals surface area contributed by atoms with Crippen LogP contribution in [-0.2, 0) is 35.7 Å². The minimum absolute atomic E-state index is 0. The van der Waals surface area contributed by atoms with Crippen molar-refractivity contribution < 1.29 is 30.0 Å². The summed E-state index contributed by atoms with van der Waals surface area (Å²) in [5.41, 5.74) is 7.76. The molecule has 1 fully saturated rings. The average Bonchev–Trinajstić information content (AvgIpc) is 3.50. The Kier molecular flexibility index (Phi) is 11.1. The number of allylic oxidation sites excluding steroid dienone is 2. The van der Waals surface area contributed by atoms with Crippen LogP contribution >= 0.6 is 0 Å². The molecule has 1 saturated carbocycles. The minimum Gasteiger partial charge on any atom is -0.512 e. The van der Waals surface area contributed by atoms with Crippen LogP contribution in [0.3, 0.4) is 0 Å². The van der Waals surface area contributed by atoms with Crippen LogP contribution < -0.4 is 0 Å². The Morgan fingerprint density at radius 2 is 1.62 bits per heavy atom. The number of nitrogens with zero attached hydrogens (tertiary/aromatic N) is 2. The molecule has 5 heteroatoms. The van der Waals surface area contributed by atoms with Gasteiger partial charge in [-0.25, -0.2) is 0 Å². The van der Waals surface area contributed by atoms with Crippen LogP contribution in [0.4, 0.5) is 0 Å². The van der Waals surface area contributed by atoms with Gasteiger partial charge in [-0.3, -0.25) is 9.78 Å². The maximum absolute atomic E-state index is 11.7. The number of aliphatic hydroxyl groups is 1. The Hall–Kier alpha value is -2.88. The summed E-state index contributed by atoms with van der Waals surface area (Å²) >= 11 is 0. The molecule has 4 aromatic rings. The van der Waals surface area contributed by atoms with Gasteiger partial charge in [0, 0.05) is 50.4 Å². The van der Waals surface area contributed by atoms with E-state index >= 15 is 0 Å². The van der Waals surface area contributed by atoms with Gasteiger partial charge >= 0.3 is 0 Å². The summed E-state index contributed by atoms with van der Waals surface area (Å²) in [6, 6.07) is 17.0. The van der Waals surface area contributed by atoms with Crippen molar-refractivity contribution in [3.8, 4) is 11.3 Å². The maximum Gasteiger partial charge on any atom is 0.162 e. The van der Waals surface area contributed by atoms with Crippen molar-refractivity contribution in [2.24, 2.45) is 11.8 Å². The van der Waals surface area contributed by atoms with E-state index in [0.717, 1.165) is 36.9 Å². The first kappa shape index (κ1) is 35.0. The van der Waals surface area contributed by atoms with E-state index in [4.69, 9.17) is 9.97 Å². The molecule has 0 saturated heterocycles. The zero-order valence-corrected chi connectivity index (χ0v) is 30.5. The molecule has 0 amide bonds. The van der Waals surface area contributed by atoms with Crippen LogP contribution in [0.15, 0.2) is 60.6 Å². The number of rotatable bonds is 7. The molecule has 1 N–H and O–H groups in total. The van der Waals surface area contributed by atoms with E-state index in [2.05, 4.69) is 57.2 Å². The molecule has 0 atom stereocenters. The van der Waals surface area contributed by atoms with Crippen molar-refractivity contribution in [3.63, 3.8) is 0 Å². The predicted molar refractivity (Wildman–Crippen MR) is 183 cm³/mol. The van der Waals surface area contributed by atoms with Gasteiger partial charge in [-0.05, 0) is 88.5 Å². The minimum atomic E-state index is 0. The number of benzene rings is 2. The van der Waals surface area contributed by atoms with E-state index < -0.39 is 0 Å². The summed E-state index contributed by atoms with van der Waals surface area (Å²) in [5, 5.41) is 13.6. The molecule has 1 spiro atoms. The van der Waals surface area contributed by atoms with Gasteiger partial charge in [0.2, 0.25) is 0 Å². The van der Waals surface area contributed by atoms with Crippen LogP contribution in [0.2, 0.25) is 0 Å². The summed E-state index contributed by atoms with van der Waals surface area (Å²) in [4.78, 5) is 21.5. The van der Waals surface area contributed by atoms with Gasteiger partial charge in [0.15, 0.2) is 5.78 Å².